The molecule has 1 N–H and O–H groups in total. The fourth-order valence-corrected chi connectivity index (χ4v) is 10.1. The van der Waals surface area contributed by atoms with Crippen LogP contribution in [0.3, 0.4) is 0 Å². The summed E-state index contributed by atoms with van der Waals surface area (Å²) in [5.41, 5.74) is 2.11. The van der Waals surface area contributed by atoms with Gasteiger partial charge < -0.3 is 19.8 Å². The van der Waals surface area contributed by atoms with E-state index in [0.717, 1.165) is 11.1 Å². The maximum atomic E-state index is 15.0. The van der Waals surface area contributed by atoms with Crippen molar-refractivity contribution in [1.82, 2.24) is 9.80 Å². The maximum absolute atomic E-state index is 15.0. The molecule has 3 aliphatic rings. The summed E-state index contributed by atoms with van der Waals surface area (Å²) in [5.74, 6) is -2.01. The molecule has 3 heterocycles. The minimum absolute atomic E-state index is 0.122. The molecule has 2 bridgehead atoms. The molecule has 2 aromatic carbocycles. The van der Waals surface area contributed by atoms with Gasteiger partial charge >= 0.3 is 0 Å². The van der Waals surface area contributed by atoms with E-state index < -0.39 is 33.4 Å². The Hall–Kier alpha value is -3.07. The van der Waals surface area contributed by atoms with E-state index in [9.17, 15) is 14.7 Å². The molecule has 3 amide bonds. The van der Waals surface area contributed by atoms with Crippen LogP contribution in [0.2, 0.25) is 5.02 Å². The van der Waals surface area contributed by atoms with Crippen molar-refractivity contribution in [2.75, 3.05) is 31.6 Å². The van der Waals surface area contributed by atoms with Crippen molar-refractivity contribution in [3.05, 3.63) is 90.0 Å². The monoisotopic (exact) mass is 607 g/mol. The van der Waals surface area contributed by atoms with Crippen LogP contribution in [0.4, 0.5) is 5.69 Å². The lowest BCUT2D eigenvalue weighted by Crippen LogP contribution is -2.56. The lowest BCUT2D eigenvalue weighted by molar-refractivity contribution is -0.146. The number of hydrogen-bond donors (Lipinski definition) is 1. The highest BCUT2D eigenvalue weighted by atomic mass is 35.5. The molecule has 0 aliphatic carbocycles. The molecule has 42 heavy (non-hydrogen) atoms. The molecule has 9 heteroatoms. The zero-order chi connectivity index (χ0) is 30.4. The van der Waals surface area contributed by atoms with Gasteiger partial charge in [0.25, 0.3) is 5.91 Å². The van der Waals surface area contributed by atoms with Crippen LogP contribution in [0, 0.1) is 18.8 Å². The van der Waals surface area contributed by atoms with Gasteiger partial charge in [-0.2, -0.15) is 0 Å². The first-order valence-electron chi connectivity index (χ1n) is 14.3. The number of carbonyl (C=O) groups excluding carboxylic acids is 3. The number of aryl methyl sites for hydroxylation is 1. The standard InChI is InChI=1S/C33H38ClN3O4S/c1-6-18-35(5)29(39)25-26-30(40)37(24(20-38)22-13-9-8-10-14-22)28(33(26)17-16-32(25,4)42-33)31(41)36(19-7-2)27-21(3)12-11-15-23(27)34/h6-15,24-26,28,38H,1-2,16-20H2,3-5H3/t24-,25+,26+,28?,32-,33?/m1/s1. The number of thioether (sulfide) groups is 1. The average Bonchev–Trinajstić information content (AvgIpc) is 3.54. The average molecular weight is 608 g/mol. The van der Waals surface area contributed by atoms with Gasteiger partial charge in [-0.3, -0.25) is 14.4 Å². The molecule has 7 nitrogen and oxygen atoms in total. The molecule has 0 aromatic heterocycles. The number of nitrogens with zero attached hydrogens (tertiary/aromatic N) is 3. The second kappa shape index (κ2) is 11.5. The third kappa shape index (κ3) is 4.59. The molecular weight excluding hydrogens is 570 g/mol. The van der Waals surface area contributed by atoms with Crippen LogP contribution in [-0.4, -0.2) is 74.9 Å². The van der Waals surface area contributed by atoms with Crippen molar-refractivity contribution in [2.24, 2.45) is 11.8 Å². The highest BCUT2D eigenvalue weighted by Crippen LogP contribution is 2.72. The Morgan fingerprint density at radius 3 is 2.43 bits per heavy atom. The van der Waals surface area contributed by atoms with E-state index in [4.69, 9.17) is 11.6 Å². The predicted octanol–water partition coefficient (Wildman–Crippen LogP) is 5.03. The summed E-state index contributed by atoms with van der Waals surface area (Å²) in [6.07, 6.45) is 4.61. The van der Waals surface area contributed by atoms with Crippen LogP contribution in [0.1, 0.15) is 36.9 Å². The smallest absolute Gasteiger partial charge is 0.251 e. The van der Waals surface area contributed by atoms with Gasteiger partial charge in [-0.25, -0.2) is 0 Å². The summed E-state index contributed by atoms with van der Waals surface area (Å²) in [7, 11) is 1.73. The number of carbonyl (C=O) groups is 3. The van der Waals surface area contributed by atoms with E-state index in [1.165, 1.54) is 0 Å². The van der Waals surface area contributed by atoms with E-state index in [1.807, 2.05) is 49.4 Å². The topological polar surface area (TPSA) is 81.2 Å². The number of fused-ring (bicyclic) bond motifs is 1. The molecule has 2 aromatic rings. The fraction of sp³-hybridized carbons (Fsp3) is 0.424. The molecule has 5 rings (SSSR count). The molecule has 3 fully saturated rings. The van der Waals surface area contributed by atoms with Gasteiger partial charge in [-0.15, -0.1) is 24.9 Å². The van der Waals surface area contributed by atoms with Crippen molar-refractivity contribution >= 4 is 46.8 Å². The number of aliphatic hydroxyl groups excluding tert-OH is 1. The van der Waals surface area contributed by atoms with E-state index in [1.54, 1.807) is 51.7 Å². The number of likely N-dealkylation sites (N-methyl/N-ethyl adjacent to an activating group) is 1. The number of benzene rings is 2. The largest absolute Gasteiger partial charge is 0.394 e. The number of amides is 3. The van der Waals surface area contributed by atoms with Gasteiger partial charge in [0.05, 0.1) is 39.9 Å². The fourth-order valence-electron chi connectivity index (χ4n) is 7.44. The van der Waals surface area contributed by atoms with Gasteiger partial charge in [0, 0.05) is 24.9 Å². The minimum Gasteiger partial charge on any atom is -0.394 e. The molecular formula is C33H38ClN3O4S. The molecule has 3 aliphatic heterocycles. The van der Waals surface area contributed by atoms with E-state index in [2.05, 4.69) is 20.1 Å². The normalized spacial score (nSPS) is 28.4. The number of hydrogen-bond acceptors (Lipinski definition) is 5. The van der Waals surface area contributed by atoms with E-state index >= 15 is 4.79 Å². The first kappa shape index (κ1) is 30.4. The molecule has 3 saturated heterocycles. The highest BCUT2D eigenvalue weighted by molar-refractivity contribution is 8.02. The summed E-state index contributed by atoms with van der Waals surface area (Å²) in [5, 5.41) is 11.2. The van der Waals surface area contributed by atoms with Gasteiger partial charge in [0.15, 0.2) is 0 Å². The Kier molecular flexibility index (Phi) is 8.36. The lowest BCUT2D eigenvalue weighted by atomic mass is 9.66. The maximum Gasteiger partial charge on any atom is 0.251 e. The SMILES string of the molecule is C=CCN(C)C(=O)[C@@H]1[C@H]2C(=O)N([C@H](CO)c3ccccc3)C(C(=O)N(CC=C)c3c(C)cccc3Cl)C23CC[C@@]1(C)S3. The molecule has 2 unspecified atom stereocenters. The molecule has 0 saturated carbocycles. The number of anilines is 1. The van der Waals surface area contributed by atoms with Crippen molar-refractivity contribution in [3.63, 3.8) is 0 Å². The second-order valence-electron chi connectivity index (χ2n) is 11.7. The molecule has 1 spiro atoms. The van der Waals surface area contributed by atoms with Crippen molar-refractivity contribution < 1.29 is 19.5 Å². The Balaban J connectivity index is 1.70. The number of rotatable bonds is 10. The summed E-state index contributed by atoms with van der Waals surface area (Å²) < 4.78 is -1.36. The predicted molar refractivity (Wildman–Crippen MR) is 168 cm³/mol. The van der Waals surface area contributed by atoms with Crippen LogP contribution < -0.4 is 4.90 Å². The Labute approximate surface area is 257 Å². The lowest BCUT2D eigenvalue weighted by Gasteiger charge is -2.40. The Morgan fingerprint density at radius 1 is 1.12 bits per heavy atom. The summed E-state index contributed by atoms with van der Waals surface area (Å²) in [4.78, 5) is 48.5. The van der Waals surface area contributed by atoms with Crippen molar-refractivity contribution in [1.29, 1.82) is 0 Å². The summed E-state index contributed by atoms with van der Waals surface area (Å²) in [6.45, 7) is 11.8. The minimum atomic E-state index is -0.933. The first-order valence-corrected chi connectivity index (χ1v) is 15.5. The van der Waals surface area contributed by atoms with Crippen LogP contribution in [-0.2, 0) is 14.4 Å². The van der Waals surface area contributed by atoms with Gasteiger partial charge in [0.1, 0.15) is 6.04 Å². The number of aliphatic hydroxyl groups is 1. The van der Waals surface area contributed by atoms with Crippen molar-refractivity contribution in [2.45, 2.75) is 48.3 Å². The summed E-state index contributed by atoms with van der Waals surface area (Å²) in [6, 6.07) is 13.1. The zero-order valence-electron chi connectivity index (χ0n) is 24.3. The third-order valence-corrected chi connectivity index (χ3v) is 11.5. The van der Waals surface area contributed by atoms with Crippen LogP contribution >= 0.6 is 23.4 Å². The van der Waals surface area contributed by atoms with Gasteiger partial charge in [0.2, 0.25) is 11.8 Å². The number of halogens is 1. The number of para-hydroxylation sites is 1. The Bertz CT molecular complexity index is 1400. The van der Waals surface area contributed by atoms with Crippen molar-refractivity contribution in [3.8, 4) is 0 Å². The third-order valence-electron chi connectivity index (χ3n) is 9.22. The van der Waals surface area contributed by atoms with E-state index in [0.29, 0.717) is 30.1 Å². The van der Waals surface area contributed by atoms with Crippen LogP contribution in [0.25, 0.3) is 0 Å². The van der Waals surface area contributed by atoms with Gasteiger partial charge in [-0.1, -0.05) is 66.2 Å². The van der Waals surface area contributed by atoms with Crippen LogP contribution in [0.15, 0.2) is 73.8 Å². The van der Waals surface area contributed by atoms with Gasteiger partial charge in [-0.05, 0) is 43.9 Å². The Morgan fingerprint density at radius 2 is 1.81 bits per heavy atom. The van der Waals surface area contributed by atoms with Crippen LogP contribution in [0.5, 0.6) is 0 Å². The second-order valence-corrected chi connectivity index (χ2v) is 14.0. The first-order chi connectivity index (χ1) is 20.1. The quantitative estimate of drug-likeness (QED) is 0.383. The highest BCUT2D eigenvalue weighted by Gasteiger charge is 2.78. The molecule has 0 radical (unpaired) electrons. The molecule has 222 valence electrons. The zero-order valence-corrected chi connectivity index (χ0v) is 25.9. The number of likely N-dealkylation sites (tertiary alicyclic amines) is 1. The summed E-state index contributed by atoms with van der Waals surface area (Å²) >= 11 is 8.29. The molecule has 6 atom stereocenters. The van der Waals surface area contributed by atoms with E-state index in [-0.39, 0.29) is 30.9 Å².